The van der Waals surface area contributed by atoms with Crippen LogP contribution in [-0.4, -0.2) is 0 Å². The van der Waals surface area contributed by atoms with Gasteiger partial charge in [0.1, 0.15) is 0 Å². The zero-order valence-corrected chi connectivity index (χ0v) is 20.7. The van der Waals surface area contributed by atoms with Crippen LogP contribution in [0.3, 0.4) is 0 Å². The van der Waals surface area contributed by atoms with Gasteiger partial charge in [-0.2, -0.15) is 0 Å². The Morgan fingerprint density at radius 3 is 1.79 bits per heavy atom. The third-order valence-corrected chi connectivity index (χ3v) is 8.52. The molecular weight excluding hydrogens is 456 g/mol. The van der Waals surface area contributed by atoms with E-state index in [4.69, 9.17) is 0 Å². The average Bonchev–Trinajstić information content (AvgIpc) is 3.29. The van der Waals surface area contributed by atoms with Gasteiger partial charge in [-0.25, -0.2) is 0 Å². The molecule has 0 bridgehead atoms. The van der Waals surface area contributed by atoms with Crippen molar-refractivity contribution in [1.82, 2.24) is 0 Å². The smallest absolute Gasteiger partial charge is 0.00199 e. The molecule has 0 fully saturated rings. The SMILES string of the molecule is c1ccc2cc(-c3ccc4cc5c(cc4c3)-c3cccc4c3c-5cc3c5ccccc5ccc43)ccc2c1. The third kappa shape index (κ3) is 2.69. The van der Waals surface area contributed by atoms with E-state index in [1.807, 2.05) is 0 Å². The Balaban J connectivity index is 1.30. The third-order valence-electron chi connectivity index (χ3n) is 8.52. The topological polar surface area (TPSA) is 0 Å². The van der Waals surface area contributed by atoms with E-state index in [1.165, 1.54) is 87.2 Å². The highest BCUT2D eigenvalue weighted by Gasteiger charge is 2.23. The summed E-state index contributed by atoms with van der Waals surface area (Å²) in [6, 6.07) is 49.6. The summed E-state index contributed by atoms with van der Waals surface area (Å²) in [6.07, 6.45) is 0. The summed E-state index contributed by atoms with van der Waals surface area (Å²) in [6.45, 7) is 0. The van der Waals surface area contributed by atoms with E-state index >= 15 is 0 Å². The number of hydrogen-bond donors (Lipinski definition) is 0. The fourth-order valence-electron chi connectivity index (χ4n) is 6.70. The molecule has 38 heavy (non-hydrogen) atoms. The van der Waals surface area contributed by atoms with Gasteiger partial charge in [-0.15, -0.1) is 0 Å². The molecule has 0 nitrogen and oxygen atoms in total. The molecule has 1 aliphatic carbocycles. The second-order valence-corrected chi connectivity index (χ2v) is 10.6. The molecule has 0 unspecified atom stereocenters. The van der Waals surface area contributed by atoms with Gasteiger partial charge in [-0.1, -0.05) is 103 Å². The highest BCUT2D eigenvalue weighted by atomic mass is 14.3. The second-order valence-electron chi connectivity index (χ2n) is 10.6. The van der Waals surface area contributed by atoms with Crippen molar-refractivity contribution in [2.45, 2.75) is 0 Å². The number of hydrogen-bond acceptors (Lipinski definition) is 0. The lowest BCUT2D eigenvalue weighted by Crippen LogP contribution is -1.84. The lowest BCUT2D eigenvalue weighted by Gasteiger charge is -2.10. The maximum absolute atomic E-state index is 2.44. The maximum atomic E-state index is 2.44. The van der Waals surface area contributed by atoms with Crippen molar-refractivity contribution in [2.24, 2.45) is 0 Å². The lowest BCUT2D eigenvalue weighted by atomic mass is 9.93. The first-order chi connectivity index (χ1) is 18.8. The van der Waals surface area contributed by atoms with Crippen molar-refractivity contribution in [3.63, 3.8) is 0 Å². The van der Waals surface area contributed by atoms with Gasteiger partial charge in [0, 0.05) is 0 Å². The molecule has 0 N–H and O–H groups in total. The van der Waals surface area contributed by atoms with Gasteiger partial charge in [-0.05, 0) is 118 Å². The highest BCUT2D eigenvalue weighted by Crippen LogP contribution is 2.51. The molecular formula is C38H22. The standard InChI is InChI=1S/C38H22/c1-2-8-25-18-26(13-12-23(25)6-1)27-14-15-28-20-35-34(21-29(28)19-27)33-11-5-10-32-31-17-16-24-7-3-4-9-30(24)36(31)22-37(35)38(32)33/h1-22H. The molecule has 9 rings (SSSR count). The number of benzene rings is 8. The Morgan fingerprint density at radius 1 is 0.263 bits per heavy atom. The van der Waals surface area contributed by atoms with E-state index in [-0.39, 0.29) is 0 Å². The van der Waals surface area contributed by atoms with Gasteiger partial charge >= 0.3 is 0 Å². The molecule has 0 saturated heterocycles. The van der Waals surface area contributed by atoms with Gasteiger partial charge in [0.2, 0.25) is 0 Å². The summed E-state index contributed by atoms with van der Waals surface area (Å²) in [5, 5.41) is 13.1. The maximum Gasteiger partial charge on any atom is -0.00199 e. The van der Waals surface area contributed by atoms with E-state index in [0.29, 0.717) is 0 Å². The Kier molecular flexibility index (Phi) is 3.88. The van der Waals surface area contributed by atoms with Gasteiger partial charge in [0.05, 0.1) is 0 Å². The van der Waals surface area contributed by atoms with Crippen LogP contribution in [0.15, 0.2) is 133 Å². The highest BCUT2D eigenvalue weighted by molar-refractivity contribution is 6.27. The van der Waals surface area contributed by atoms with Crippen LogP contribution >= 0.6 is 0 Å². The van der Waals surface area contributed by atoms with Gasteiger partial charge in [0.25, 0.3) is 0 Å². The molecule has 0 radical (unpaired) electrons. The average molecular weight is 479 g/mol. The molecule has 0 saturated carbocycles. The van der Waals surface area contributed by atoms with Crippen LogP contribution in [0.5, 0.6) is 0 Å². The summed E-state index contributed by atoms with van der Waals surface area (Å²) in [5.41, 5.74) is 7.91. The van der Waals surface area contributed by atoms with Crippen LogP contribution in [0.2, 0.25) is 0 Å². The minimum absolute atomic E-state index is 1.26. The van der Waals surface area contributed by atoms with Crippen molar-refractivity contribution in [1.29, 1.82) is 0 Å². The van der Waals surface area contributed by atoms with Crippen LogP contribution in [0, 0.1) is 0 Å². The number of fused-ring (bicyclic) bond motifs is 9. The fraction of sp³-hybridized carbons (Fsp3) is 0. The zero-order chi connectivity index (χ0) is 24.8. The van der Waals surface area contributed by atoms with E-state index in [0.717, 1.165) is 0 Å². The first-order valence-corrected chi connectivity index (χ1v) is 13.3. The van der Waals surface area contributed by atoms with Crippen LogP contribution in [0.25, 0.3) is 87.2 Å². The summed E-state index contributed by atoms with van der Waals surface area (Å²) in [4.78, 5) is 0. The van der Waals surface area contributed by atoms with Gasteiger partial charge < -0.3 is 0 Å². The molecule has 1 aliphatic rings. The lowest BCUT2D eigenvalue weighted by molar-refractivity contribution is 1.67. The minimum Gasteiger partial charge on any atom is -0.0616 e. The normalized spacial score (nSPS) is 12.2. The molecule has 0 atom stereocenters. The van der Waals surface area contributed by atoms with Crippen LogP contribution in [-0.2, 0) is 0 Å². The summed E-state index contributed by atoms with van der Waals surface area (Å²) < 4.78 is 0. The predicted molar refractivity (Wildman–Crippen MR) is 164 cm³/mol. The Hall–Kier alpha value is -4.94. The summed E-state index contributed by atoms with van der Waals surface area (Å²) in [5.74, 6) is 0. The molecule has 0 aromatic heterocycles. The molecule has 8 aromatic rings. The first kappa shape index (κ1) is 20.2. The zero-order valence-electron chi connectivity index (χ0n) is 20.7. The van der Waals surface area contributed by atoms with Crippen molar-refractivity contribution in [3.8, 4) is 33.4 Å². The Labute approximate surface area is 220 Å². The van der Waals surface area contributed by atoms with Crippen molar-refractivity contribution in [2.75, 3.05) is 0 Å². The monoisotopic (exact) mass is 478 g/mol. The van der Waals surface area contributed by atoms with Gasteiger partial charge in [-0.3, -0.25) is 0 Å². The quantitative estimate of drug-likeness (QED) is 0.206. The Morgan fingerprint density at radius 2 is 0.895 bits per heavy atom. The van der Waals surface area contributed by atoms with E-state index < -0.39 is 0 Å². The van der Waals surface area contributed by atoms with E-state index in [2.05, 4.69) is 133 Å². The Bertz CT molecular complexity index is 2280. The van der Waals surface area contributed by atoms with Crippen LogP contribution in [0.4, 0.5) is 0 Å². The minimum atomic E-state index is 1.26. The molecule has 0 amide bonds. The second kappa shape index (κ2) is 7.31. The van der Waals surface area contributed by atoms with Crippen LogP contribution < -0.4 is 0 Å². The van der Waals surface area contributed by atoms with Crippen molar-refractivity contribution in [3.05, 3.63) is 133 Å². The van der Waals surface area contributed by atoms with Crippen molar-refractivity contribution < 1.29 is 0 Å². The molecule has 0 heterocycles. The van der Waals surface area contributed by atoms with Crippen LogP contribution in [0.1, 0.15) is 0 Å². The molecule has 174 valence electrons. The van der Waals surface area contributed by atoms with E-state index in [9.17, 15) is 0 Å². The summed E-state index contributed by atoms with van der Waals surface area (Å²) >= 11 is 0. The fourth-order valence-corrected chi connectivity index (χ4v) is 6.70. The summed E-state index contributed by atoms with van der Waals surface area (Å²) in [7, 11) is 0. The molecule has 0 spiro atoms. The number of rotatable bonds is 1. The largest absolute Gasteiger partial charge is 0.0616 e. The first-order valence-electron chi connectivity index (χ1n) is 13.3. The molecule has 8 aromatic carbocycles. The van der Waals surface area contributed by atoms with Crippen molar-refractivity contribution >= 4 is 53.9 Å². The molecule has 0 aliphatic heterocycles. The molecule has 0 heteroatoms. The predicted octanol–water partition coefficient (Wildman–Crippen LogP) is 10.8. The van der Waals surface area contributed by atoms with Gasteiger partial charge in [0.15, 0.2) is 0 Å². The van der Waals surface area contributed by atoms with E-state index in [1.54, 1.807) is 0 Å².